The van der Waals surface area contributed by atoms with E-state index in [1.165, 1.54) is 6.42 Å². The molecule has 4 heteroatoms. The van der Waals surface area contributed by atoms with Gasteiger partial charge in [-0.2, -0.15) is 0 Å². The minimum absolute atomic E-state index is 0.0955. The number of carbonyl (C=O) groups is 2. The Kier molecular flexibility index (Phi) is 6.64. The molecule has 0 aromatic heterocycles. The summed E-state index contributed by atoms with van der Waals surface area (Å²) in [5.74, 6) is 0.162. The van der Waals surface area contributed by atoms with Crippen LogP contribution in [0.3, 0.4) is 0 Å². The average Bonchev–Trinajstić information content (AvgIpc) is 2.70. The molecule has 2 amide bonds. The largest absolute Gasteiger partial charge is 0.351 e. The Balaban J connectivity index is 1.72. The molecule has 27 heavy (non-hydrogen) atoms. The molecule has 2 aromatic carbocycles. The highest BCUT2D eigenvalue weighted by Gasteiger charge is 2.27. The molecular formula is C23H28N2O2. The Labute approximate surface area is 161 Å². The quantitative estimate of drug-likeness (QED) is 0.821. The lowest BCUT2D eigenvalue weighted by Crippen LogP contribution is -2.52. The van der Waals surface area contributed by atoms with Crippen LogP contribution in [0.2, 0.25) is 0 Å². The molecule has 2 N–H and O–H groups in total. The maximum Gasteiger partial charge on any atom is 0.251 e. The predicted octanol–water partition coefficient (Wildman–Crippen LogP) is 3.72. The second kappa shape index (κ2) is 9.36. The lowest BCUT2D eigenvalue weighted by atomic mass is 9.85. The molecule has 2 aromatic rings. The van der Waals surface area contributed by atoms with Crippen LogP contribution in [-0.4, -0.2) is 23.9 Å². The third-order valence-corrected chi connectivity index (χ3v) is 5.38. The Hall–Kier alpha value is -2.62. The monoisotopic (exact) mass is 364 g/mol. The van der Waals surface area contributed by atoms with Gasteiger partial charge < -0.3 is 10.6 Å². The van der Waals surface area contributed by atoms with Crippen LogP contribution >= 0.6 is 0 Å². The van der Waals surface area contributed by atoms with E-state index in [1.54, 1.807) is 12.1 Å². The van der Waals surface area contributed by atoms with Crippen LogP contribution in [0.1, 0.15) is 48.5 Å². The van der Waals surface area contributed by atoms with Crippen molar-refractivity contribution >= 4 is 11.8 Å². The van der Waals surface area contributed by atoms with Crippen molar-refractivity contribution in [1.82, 2.24) is 10.6 Å². The maximum absolute atomic E-state index is 13.0. The molecule has 1 saturated carbocycles. The van der Waals surface area contributed by atoms with Gasteiger partial charge in [0, 0.05) is 18.0 Å². The molecule has 0 bridgehead atoms. The molecule has 0 heterocycles. The Morgan fingerprint density at radius 1 is 0.963 bits per heavy atom. The number of carbonyl (C=O) groups excluding carboxylic acids is 2. The molecule has 1 aliphatic rings. The van der Waals surface area contributed by atoms with Crippen molar-refractivity contribution in [1.29, 1.82) is 0 Å². The zero-order chi connectivity index (χ0) is 19.1. The van der Waals surface area contributed by atoms with E-state index in [0.29, 0.717) is 17.9 Å². The third kappa shape index (κ3) is 5.43. The van der Waals surface area contributed by atoms with Gasteiger partial charge in [0.15, 0.2) is 0 Å². The molecule has 1 aliphatic carbocycles. The van der Waals surface area contributed by atoms with E-state index in [2.05, 4.69) is 17.6 Å². The van der Waals surface area contributed by atoms with Gasteiger partial charge in [-0.05, 0) is 36.5 Å². The van der Waals surface area contributed by atoms with Gasteiger partial charge in [-0.25, -0.2) is 0 Å². The SMILES string of the molecule is C[C@@H]1CCCC[C@H]1NC(=O)[C@H](Cc1ccccc1)NC(=O)c1ccccc1. The maximum atomic E-state index is 13.0. The molecule has 1 fully saturated rings. The van der Waals surface area contributed by atoms with Gasteiger partial charge in [0.1, 0.15) is 6.04 Å². The van der Waals surface area contributed by atoms with Gasteiger partial charge in [0.25, 0.3) is 5.91 Å². The zero-order valence-corrected chi connectivity index (χ0v) is 15.9. The molecule has 4 nitrogen and oxygen atoms in total. The number of nitrogens with one attached hydrogen (secondary N) is 2. The Morgan fingerprint density at radius 2 is 1.59 bits per heavy atom. The Morgan fingerprint density at radius 3 is 2.26 bits per heavy atom. The fourth-order valence-electron chi connectivity index (χ4n) is 3.70. The van der Waals surface area contributed by atoms with Crippen LogP contribution in [0.15, 0.2) is 60.7 Å². The van der Waals surface area contributed by atoms with Crippen molar-refractivity contribution in [2.24, 2.45) is 5.92 Å². The van der Waals surface area contributed by atoms with Crippen LogP contribution in [0.4, 0.5) is 0 Å². The van der Waals surface area contributed by atoms with Gasteiger partial charge >= 0.3 is 0 Å². The van der Waals surface area contributed by atoms with Gasteiger partial charge in [0.05, 0.1) is 0 Å². The molecule has 0 saturated heterocycles. The molecule has 0 radical (unpaired) electrons. The van der Waals surface area contributed by atoms with Crippen molar-refractivity contribution < 1.29 is 9.59 Å². The summed E-state index contributed by atoms with van der Waals surface area (Å²) in [6.07, 6.45) is 5.01. The van der Waals surface area contributed by atoms with E-state index in [0.717, 1.165) is 24.8 Å². The fraction of sp³-hybridized carbons (Fsp3) is 0.391. The highest BCUT2D eigenvalue weighted by Crippen LogP contribution is 2.23. The summed E-state index contributed by atoms with van der Waals surface area (Å²) in [4.78, 5) is 25.6. The molecule has 142 valence electrons. The van der Waals surface area contributed by atoms with Crippen molar-refractivity contribution in [2.45, 2.75) is 51.1 Å². The van der Waals surface area contributed by atoms with Gasteiger partial charge in [-0.15, -0.1) is 0 Å². The van der Waals surface area contributed by atoms with E-state index in [9.17, 15) is 9.59 Å². The summed E-state index contributed by atoms with van der Waals surface area (Å²) in [6, 6.07) is 18.5. The number of hydrogen-bond acceptors (Lipinski definition) is 2. The van der Waals surface area contributed by atoms with Crippen LogP contribution in [0.25, 0.3) is 0 Å². The van der Waals surface area contributed by atoms with Gasteiger partial charge in [0.2, 0.25) is 5.91 Å². The molecule has 0 spiro atoms. The number of benzene rings is 2. The standard InChI is InChI=1S/C23H28N2O2/c1-17-10-8-9-15-20(17)24-23(27)21(16-18-11-4-2-5-12-18)25-22(26)19-13-6-3-7-14-19/h2-7,11-14,17,20-21H,8-10,15-16H2,1H3,(H,24,27)(H,25,26)/t17-,20-,21+/m1/s1. The van der Waals surface area contributed by atoms with Crippen molar-refractivity contribution in [3.8, 4) is 0 Å². The zero-order valence-electron chi connectivity index (χ0n) is 15.9. The van der Waals surface area contributed by atoms with Crippen LogP contribution in [0, 0.1) is 5.92 Å². The van der Waals surface area contributed by atoms with Crippen molar-refractivity contribution in [3.05, 3.63) is 71.8 Å². The van der Waals surface area contributed by atoms with Gasteiger partial charge in [-0.3, -0.25) is 9.59 Å². The van der Waals surface area contributed by atoms with Crippen molar-refractivity contribution in [3.63, 3.8) is 0 Å². The van der Waals surface area contributed by atoms with Gasteiger partial charge in [-0.1, -0.05) is 68.3 Å². The molecule has 3 atom stereocenters. The summed E-state index contributed by atoms with van der Waals surface area (Å²) < 4.78 is 0. The molecule has 3 rings (SSSR count). The van der Waals surface area contributed by atoms with E-state index in [1.807, 2.05) is 48.5 Å². The first-order valence-corrected chi connectivity index (χ1v) is 9.83. The van der Waals surface area contributed by atoms with E-state index >= 15 is 0 Å². The smallest absolute Gasteiger partial charge is 0.251 e. The highest BCUT2D eigenvalue weighted by atomic mass is 16.2. The number of hydrogen-bond donors (Lipinski definition) is 2. The second-order valence-electron chi connectivity index (χ2n) is 7.46. The first-order valence-electron chi connectivity index (χ1n) is 9.83. The van der Waals surface area contributed by atoms with Crippen LogP contribution in [-0.2, 0) is 11.2 Å². The van der Waals surface area contributed by atoms with E-state index in [-0.39, 0.29) is 17.9 Å². The summed E-state index contributed by atoms with van der Waals surface area (Å²) >= 11 is 0. The molecule has 0 unspecified atom stereocenters. The number of amides is 2. The minimum Gasteiger partial charge on any atom is -0.351 e. The fourth-order valence-corrected chi connectivity index (χ4v) is 3.70. The lowest BCUT2D eigenvalue weighted by molar-refractivity contribution is -0.124. The molecule has 0 aliphatic heterocycles. The lowest BCUT2D eigenvalue weighted by Gasteiger charge is -2.31. The normalized spacial score (nSPS) is 20.5. The van der Waals surface area contributed by atoms with E-state index in [4.69, 9.17) is 0 Å². The first kappa shape index (κ1) is 19.2. The summed E-state index contributed by atoms with van der Waals surface area (Å²) in [7, 11) is 0. The van der Waals surface area contributed by atoms with E-state index < -0.39 is 6.04 Å². The summed E-state index contributed by atoms with van der Waals surface area (Å²) in [6.45, 7) is 2.19. The predicted molar refractivity (Wildman–Crippen MR) is 107 cm³/mol. The second-order valence-corrected chi connectivity index (χ2v) is 7.46. The first-order chi connectivity index (χ1) is 13.1. The van der Waals surface area contributed by atoms with Crippen LogP contribution < -0.4 is 10.6 Å². The minimum atomic E-state index is -0.589. The summed E-state index contributed by atoms with van der Waals surface area (Å²) in [5.41, 5.74) is 1.59. The topological polar surface area (TPSA) is 58.2 Å². The Bertz CT molecular complexity index is 745. The molecular weight excluding hydrogens is 336 g/mol. The number of rotatable bonds is 6. The summed E-state index contributed by atoms with van der Waals surface area (Å²) in [5, 5.41) is 6.13. The third-order valence-electron chi connectivity index (χ3n) is 5.38. The van der Waals surface area contributed by atoms with Crippen LogP contribution in [0.5, 0.6) is 0 Å². The van der Waals surface area contributed by atoms with Crippen molar-refractivity contribution in [2.75, 3.05) is 0 Å². The average molecular weight is 364 g/mol. The highest BCUT2D eigenvalue weighted by molar-refractivity contribution is 5.97.